The molecule has 3 rings (SSSR count). The van der Waals surface area contributed by atoms with E-state index in [4.69, 9.17) is 4.74 Å². The fourth-order valence-electron chi connectivity index (χ4n) is 4.01. The van der Waals surface area contributed by atoms with E-state index in [1.807, 2.05) is 0 Å². The smallest absolute Gasteiger partial charge is 0.167 e. The molecule has 1 aliphatic rings. The maximum absolute atomic E-state index is 14.8. The number of unbranched alkanes of at least 4 members (excludes halogenated alkanes) is 2. The van der Waals surface area contributed by atoms with Crippen LogP contribution in [0.25, 0.3) is 17.2 Å². The van der Waals surface area contributed by atoms with E-state index in [9.17, 15) is 13.2 Å². The van der Waals surface area contributed by atoms with E-state index >= 15 is 0 Å². The number of allylic oxidation sites excluding steroid dienone is 1. The van der Waals surface area contributed by atoms with Gasteiger partial charge >= 0.3 is 0 Å². The van der Waals surface area contributed by atoms with Crippen LogP contribution in [0.4, 0.5) is 13.2 Å². The van der Waals surface area contributed by atoms with E-state index in [1.165, 1.54) is 43.5 Å². The monoisotopic (exact) mass is 402 g/mol. The van der Waals surface area contributed by atoms with Crippen LogP contribution in [-0.4, -0.2) is 6.61 Å². The lowest BCUT2D eigenvalue weighted by molar-refractivity contribution is -0.0215. The molecule has 0 aliphatic carbocycles. The summed E-state index contributed by atoms with van der Waals surface area (Å²) < 4.78 is 49.4. The van der Waals surface area contributed by atoms with Crippen molar-refractivity contribution in [1.29, 1.82) is 0 Å². The Morgan fingerprint density at radius 1 is 1.03 bits per heavy atom. The Balaban J connectivity index is 1.72. The number of hydrogen-bond donors (Lipinski definition) is 0. The molecule has 0 spiro atoms. The van der Waals surface area contributed by atoms with Gasteiger partial charge in [-0.1, -0.05) is 62.6 Å². The van der Waals surface area contributed by atoms with E-state index in [-0.39, 0.29) is 17.2 Å². The summed E-state index contributed by atoms with van der Waals surface area (Å²) in [4.78, 5) is 0. The van der Waals surface area contributed by atoms with Crippen molar-refractivity contribution in [3.05, 3.63) is 65.0 Å². The predicted molar refractivity (Wildman–Crippen MR) is 112 cm³/mol. The summed E-state index contributed by atoms with van der Waals surface area (Å²) in [7, 11) is 0. The van der Waals surface area contributed by atoms with E-state index in [0.717, 1.165) is 19.3 Å². The van der Waals surface area contributed by atoms with Crippen LogP contribution in [0.3, 0.4) is 0 Å². The van der Waals surface area contributed by atoms with Crippen molar-refractivity contribution in [2.75, 3.05) is 6.61 Å². The predicted octanol–water partition coefficient (Wildman–Crippen LogP) is 7.85. The van der Waals surface area contributed by atoms with Crippen LogP contribution in [0.15, 0.2) is 36.4 Å². The molecule has 1 nitrogen and oxygen atoms in total. The lowest BCUT2D eigenvalue weighted by atomic mass is 9.90. The Morgan fingerprint density at radius 2 is 1.86 bits per heavy atom. The SMILES string of the molecule is C/C=C/c1ccc(-c2ccc(C3CCC(CCCCC)CO3)c(F)c2)c(F)c1F. The molecular weight excluding hydrogens is 373 g/mol. The standard InChI is InChI=1S/C25H29F3O/c1-3-5-6-8-17-9-14-23(29-16-17)21-13-11-19(15-22(21)26)20-12-10-18(7-4-2)24(27)25(20)28/h4,7,10-13,15,17,23H,3,5-6,8-9,14,16H2,1-2H3/b7-4+. The van der Waals surface area contributed by atoms with Gasteiger partial charge in [0.1, 0.15) is 5.82 Å². The number of halogens is 3. The van der Waals surface area contributed by atoms with Gasteiger partial charge in [-0.05, 0) is 43.7 Å². The molecule has 1 heterocycles. The highest BCUT2D eigenvalue weighted by atomic mass is 19.2. The van der Waals surface area contributed by atoms with Gasteiger partial charge in [-0.2, -0.15) is 0 Å². The van der Waals surface area contributed by atoms with Crippen molar-refractivity contribution in [1.82, 2.24) is 0 Å². The van der Waals surface area contributed by atoms with Crippen molar-refractivity contribution in [2.24, 2.45) is 5.92 Å². The minimum Gasteiger partial charge on any atom is -0.373 e. The van der Waals surface area contributed by atoms with Gasteiger partial charge < -0.3 is 4.74 Å². The minimum absolute atomic E-state index is 0.0572. The highest BCUT2D eigenvalue weighted by molar-refractivity contribution is 5.67. The van der Waals surface area contributed by atoms with Crippen molar-refractivity contribution in [2.45, 2.75) is 58.5 Å². The largest absolute Gasteiger partial charge is 0.373 e. The van der Waals surface area contributed by atoms with Crippen LogP contribution in [0, 0.1) is 23.4 Å². The molecule has 0 aromatic heterocycles. The summed E-state index contributed by atoms with van der Waals surface area (Å²) in [6, 6.07) is 7.55. The molecule has 2 aromatic carbocycles. The Hall–Kier alpha value is -2.07. The zero-order valence-corrected chi connectivity index (χ0v) is 17.2. The summed E-state index contributed by atoms with van der Waals surface area (Å²) in [5.41, 5.74) is 1.05. The van der Waals surface area contributed by atoms with Crippen molar-refractivity contribution >= 4 is 6.08 Å². The fourth-order valence-corrected chi connectivity index (χ4v) is 4.01. The van der Waals surface area contributed by atoms with Gasteiger partial charge in [0.25, 0.3) is 0 Å². The van der Waals surface area contributed by atoms with Crippen LogP contribution in [0.1, 0.15) is 69.6 Å². The number of benzene rings is 2. The van der Waals surface area contributed by atoms with Gasteiger partial charge in [0.05, 0.1) is 12.7 Å². The van der Waals surface area contributed by atoms with Crippen LogP contribution < -0.4 is 0 Å². The molecule has 2 aromatic rings. The molecule has 2 unspecified atom stereocenters. The quantitative estimate of drug-likeness (QED) is 0.428. The summed E-state index contributed by atoms with van der Waals surface area (Å²) in [5, 5.41) is 0. The third-order valence-electron chi connectivity index (χ3n) is 5.70. The first-order valence-electron chi connectivity index (χ1n) is 10.6. The molecule has 1 aliphatic heterocycles. The molecule has 29 heavy (non-hydrogen) atoms. The van der Waals surface area contributed by atoms with E-state index in [1.54, 1.807) is 25.1 Å². The minimum atomic E-state index is -0.961. The Kier molecular flexibility index (Phi) is 7.54. The lowest BCUT2D eigenvalue weighted by Gasteiger charge is -2.29. The third-order valence-corrected chi connectivity index (χ3v) is 5.70. The lowest BCUT2D eigenvalue weighted by Crippen LogP contribution is -2.21. The number of ether oxygens (including phenoxy) is 1. The van der Waals surface area contributed by atoms with Crippen molar-refractivity contribution < 1.29 is 17.9 Å². The molecule has 0 amide bonds. The highest BCUT2D eigenvalue weighted by Crippen LogP contribution is 2.36. The maximum Gasteiger partial charge on any atom is 0.167 e. The van der Waals surface area contributed by atoms with Gasteiger partial charge in [0.15, 0.2) is 11.6 Å². The molecule has 156 valence electrons. The van der Waals surface area contributed by atoms with Gasteiger partial charge in [0, 0.05) is 16.7 Å². The third kappa shape index (κ3) is 5.11. The summed E-state index contributed by atoms with van der Waals surface area (Å²) in [6.45, 7) is 4.58. The van der Waals surface area contributed by atoms with Crippen LogP contribution >= 0.6 is 0 Å². The van der Waals surface area contributed by atoms with Crippen LogP contribution in [0.5, 0.6) is 0 Å². The first-order chi connectivity index (χ1) is 14.0. The Labute approximate surface area is 171 Å². The normalized spacial score (nSPS) is 19.8. The van der Waals surface area contributed by atoms with Gasteiger partial charge in [-0.25, -0.2) is 13.2 Å². The number of rotatable bonds is 7. The first-order valence-corrected chi connectivity index (χ1v) is 10.6. The molecule has 0 N–H and O–H groups in total. The molecule has 0 radical (unpaired) electrons. The zero-order chi connectivity index (χ0) is 20.8. The molecular formula is C25H29F3O. The summed E-state index contributed by atoms with van der Waals surface area (Å²) in [5.74, 6) is -1.77. The average Bonchev–Trinajstić information content (AvgIpc) is 2.72. The summed E-state index contributed by atoms with van der Waals surface area (Å²) >= 11 is 0. The molecule has 4 heteroatoms. The summed E-state index contributed by atoms with van der Waals surface area (Å²) in [6.07, 6.45) is 9.51. The maximum atomic E-state index is 14.8. The van der Waals surface area contributed by atoms with Crippen molar-refractivity contribution in [3.8, 4) is 11.1 Å². The van der Waals surface area contributed by atoms with Crippen LogP contribution in [-0.2, 0) is 4.74 Å². The van der Waals surface area contributed by atoms with Crippen LogP contribution in [0.2, 0.25) is 0 Å². The molecule has 1 saturated heterocycles. The second-order valence-corrected chi connectivity index (χ2v) is 7.83. The van der Waals surface area contributed by atoms with Gasteiger partial charge in [0.2, 0.25) is 0 Å². The zero-order valence-electron chi connectivity index (χ0n) is 17.2. The van der Waals surface area contributed by atoms with Gasteiger partial charge in [-0.3, -0.25) is 0 Å². The van der Waals surface area contributed by atoms with Crippen molar-refractivity contribution in [3.63, 3.8) is 0 Å². The second-order valence-electron chi connectivity index (χ2n) is 7.83. The van der Waals surface area contributed by atoms with E-state index in [0.29, 0.717) is 23.7 Å². The first kappa shape index (κ1) is 21.6. The molecule has 1 fully saturated rings. The highest BCUT2D eigenvalue weighted by Gasteiger charge is 2.25. The van der Waals surface area contributed by atoms with Gasteiger partial charge in [-0.15, -0.1) is 0 Å². The van der Waals surface area contributed by atoms with E-state index in [2.05, 4.69) is 6.92 Å². The topological polar surface area (TPSA) is 9.23 Å². The Morgan fingerprint density at radius 3 is 2.52 bits per heavy atom. The molecule has 0 bridgehead atoms. The molecule has 2 atom stereocenters. The van der Waals surface area contributed by atoms with E-state index < -0.39 is 17.5 Å². The average molecular weight is 403 g/mol. The number of hydrogen-bond acceptors (Lipinski definition) is 1. The second kappa shape index (κ2) is 10.1. The molecule has 0 saturated carbocycles. The Bertz CT molecular complexity index is 851. The fraction of sp³-hybridized carbons (Fsp3) is 0.440.